The normalized spacial score (nSPS) is 17.7. The van der Waals surface area contributed by atoms with E-state index in [0.717, 1.165) is 25.3 Å². The van der Waals surface area contributed by atoms with E-state index in [9.17, 15) is 44.8 Å². The zero-order valence-electron chi connectivity index (χ0n) is 20.3. The van der Waals surface area contributed by atoms with Gasteiger partial charge < -0.3 is 5.32 Å². The summed E-state index contributed by atoms with van der Waals surface area (Å²) in [5.41, 5.74) is -0.615. The van der Waals surface area contributed by atoms with Crippen molar-refractivity contribution in [3.8, 4) is 17.2 Å². The summed E-state index contributed by atoms with van der Waals surface area (Å²) in [6, 6.07) is 8.15. The van der Waals surface area contributed by atoms with E-state index >= 15 is 0 Å². The molecule has 0 unspecified atom stereocenters. The summed E-state index contributed by atoms with van der Waals surface area (Å²) in [6.45, 7) is 0.769. The third-order valence-corrected chi connectivity index (χ3v) is 7.47. The average Bonchev–Trinajstić information content (AvgIpc) is 3.59. The topological polar surface area (TPSA) is 99.1 Å². The quantitative estimate of drug-likeness (QED) is 0.416. The fourth-order valence-corrected chi connectivity index (χ4v) is 4.42. The van der Waals surface area contributed by atoms with Crippen molar-refractivity contribution in [2.75, 3.05) is 6.26 Å². The van der Waals surface area contributed by atoms with Crippen molar-refractivity contribution < 1.29 is 39.6 Å². The number of halogens is 6. The summed E-state index contributed by atoms with van der Waals surface area (Å²) in [5, 5.41) is 13.5. The van der Waals surface area contributed by atoms with Gasteiger partial charge >= 0.3 is 12.4 Å². The molecule has 0 saturated heterocycles. The number of benzene rings is 2. The molecule has 206 valence electrons. The van der Waals surface area contributed by atoms with Crippen molar-refractivity contribution in [3.05, 3.63) is 54.1 Å². The van der Waals surface area contributed by atoms with Crippen molar-refractivity contribution in [3.63, 3.8) is 0 Å². The number of carbonyl (C=O) groups excluding carboxylic acids is 1. The molecule has 1 fully saturated rings. The summed E-state index contributed by atoms with van der Waals surface area (Å²) in [4.78, 5) is 12.8. The number of sulfone groups is 1. The molecule has 6 nitrogen and oxygen atoms in total. The first kappa shape index (κ1) is 29.4. The number of rotatable bonds is 9. The molecule has 1 aliphatic carbocycles. The summed E-state index contributed by atoms with van der Waals surface area (Å²) in [5.74, 6) is -3.20. The molecule has 0 aliphatic heterocycles. The Bertz CT molecular complexity index is 1300. The average molecular weight is 562 g/mol. The van der Waals surface area contributed by atoms with Crippen molar-refractivity contribution in [1.82, 2.24) is 10.6 Å². The molecule has 2 aromatic rings. The number of hydrogen-bond donors (Lipinski definition) is 2. The van der Waals surface area contributed by atoms with Gasteiger partial charge in [-0.15, -0.1) is 0 Å². The van der Waals surface area contributed by atoms with Crippen LogP contribution in [0.1, 0.15) is 37.8 Å². The Kier molecular flexibility index (Phi) is 8.19. The maximum absolute atomic E-state index is 14.1. The Morgan fingerprint density at radius 3 is 1.87 bits per heavy atom. The van der Waals surface area contributed by atoms with Crippen LogP contribution in [-0.2, 0) is 14.6 Å². The molecule has 0 spiro atoms. The molecule has 0 heterocycles. The maximum Gasteiger partial charge on any atom is 0.407 e. The molecule has 1 amide bonds. The molecule has 2 aromatic carbocycles. The summed E-state index contributed by atoms with van der Waals surface area (Å²) < 4.78 is 105. The van der Waals surface area contributed by atoms with Gasteiger partial charge in [0.05, 0.1) is 22.9 Å². The number of nitrogens with one attached hydrogen (secondary N) is 2. The minimum atomic E-state index is -4.97. The first-order valence-corrected chi connectivity index (χ1v) is 13.4. The summed E-state index contributed by atoms with van der Waals surface area (Å²) in [7, 11) is -3.44. The Morgan fingerprint density at radius 2 is 1.47 bits per heavy atom. The largest absolute Gasteiger partial charge is 0.407 e. The predicted molar refractivity (Wildman–Crippen MR) is 126 cm³/mol. The maximum atomic E-state index is 14.1. The minimum absolute atomic E-state index is 0.0704. The second kappa shape index (κ2) is 10.6. The van der Waals surface area contributed by atoms with Crippen molar-refractivity contribution >= 4 is 15.7 Å². The highest BCUT2D eigenvalue weighted by Gasteiger charge is 2.49. The van der Waals surface area contributed by atoms with E-state index in [1.54, 1.807) is 0 Å². The van der Waals surface area contributed by atoms with E-state index in [2.05, 4.69) is 10.6 Å². The first-order chi connectivity index (χ1) is 17.4. The molecule has 38 heavy (non-hydrogen) atoms. The summed E-state index contributed by atoms with van der Waals surface area (Å²) in [6.07, 6.45) is -9.12. The van der Waals surface area contributed by atoms with Gasteiger partial charge in [0.25, 0.3) is 0 Å². The highest BCUT2D eigenvalue weighted by Crippen LogP contribution is 2.38. The van der Waals surface area contributed by atoms with Crippen LogP contribution in [0, 0.1) is 17.2 Å². The SMILES string of the molecule is C[C@@H](C[C@H](N[C@@H](c1ccc(-c2ccc(S(C)(=O)=O)cc2)cc1)C(F)(F)F)C(=O)NC1(C#N)CC1)C(F)(F)F. The third kappa shape index (κ3) is 7.26. The van der Waals surface area contributed by atoms with Gasteiger partial charge in [-0.05, 0) is 48.1 Å². The predicted octanol–water partition coefficient (Wildman–Crippen LogP) is 5.08. The van der Waals surface area contributed by atoms with Crippen molar-refractivity contribution in [2.45, 2.75) is 61.1 Å². The van der Waals surface area contributed by atoms with Gasteiger partial charge in [-0.2, -0.15) is 31.6 Å². The van der Waals surface area contributed by atoms with Crippen LogP contribution < -0.4 is 10.6 Å². The van der Waals surface area contributed by atoms with E-state index in [0.29, 0.717) is 11.1 Å². The molecule has 0 radical (unpaired) electrons. The van der Waals surface area contributed by atoms with E-state index in [1.807, 2.05) is 6.07 Å². The summed E-state index contributed by atoms with van der Waals surface area (Å²) >= 11 is 0. The molecule has 1 aliphatic rings. The lowest BCUT2D eigenvalue weighted by Crippen LogP contribution is -2.52. The van der Waals surface area contributed by atoms with Crippen LogP contribution >= 0.6 is 0 Å². The van der Waals surface area contributed by atoms with Gasteiger partial charge in [0.2, 0.25) is 5.91 Å². The zero-order valence-corrected chi connectivity index (χ0v) is 21.1. The molecule has 0 bridgehead atoms. The molecule has 3 atom stereocenters. The second-order valence-corrected chi connectivity index (χ2v) is 11.5. The minimum Gasteiger partial charge on any atom is -0.336 e. The zero-order chi connectivity index (χ0) is 28.5. The lowest BCUT2D eigenvalue weighted by atomic mass is 9.96. The smallest absolute Gasteiger partial charge is 0.336 e. The highest BCUT2D eigenvalue weighted by atomic mass is 32.2. The number of alkyl halides is 6. The van der Waals surface area contributed by atoms with Crippen molar-refractivity contribution in [1.29, 1.82) is 5.26 Å². The van der Waals surface area contributed by atoms with Crippen LogP contribution in [0.3, 0.4) is 0 Å². The van der Waals surface area contributed by atoms with Crippen LogP contribution in [-0.4, -0.2) is 44.5 Å². The van der Waals surface area contributed by atoms with E-state index in [1.165, 1.54) is 36.4 Å². The van der Waals surface area contributed by atoms with Crippen LogP contribution in [0.15, 0.2) is 53.4 Å². The number of amides is 1. The van der Waals surface area contributed by atoms with E-state index < -0.39 is 58.1 Å². The Hall–Kier alpha value is -3.11. The lowest BCUT2D eigenvalue weighted by Gasteiger charge is -2.30. The monoisotopic (exact) mass is 561 g/mol. The Labute approximate surface area is 215 Å². The number of nitriles is 1. The number of nitrogens with zero attached hydrogens (tertiary/aromatic N) is 1. The molecule has 3 rings (SSSR count). The van der Waals surface area contributed by atoms with Gasteiger partial charge in [0.15, 0.2) is 9.84 Å². The molecular formula is C25H25F6N3O3S. The van der Waals surface area contributed by atoms with Crippen LogP contribution in [0.5, 0.6) is 0 Å². The third-order valence-electron chi connectivity index (χ3n) is 6.35. The van der Waals surface area contributed by atoms with Crippen LogP contribution in [0.2, 0.25) is 0 Å². The number of hydrogen-bond acceptors (Lipinski definition) is 5. The fourth-order valence-electron chi connectivity index (χ4n) is 3.79. The van der Waals surface area contributed by atoms with E-state index in [4.69, 9.17) is 0 Å². The number of carbonyl (C=O) groups is 1. The van der Waals surface area contributed by atoms with E-state index in [-0.39, 0.29) is 23.3 Å². The molecule has 0 aromatic heterocycles. The fraction of sp³-hybridized carbons (Fsp3) is 0.440. The van der Waals surface area contributed by atoms with Crippen molar-refractivity contribution in [2.24, 2.45) is 5.92 Å². The van der Waals surface area contributed by atoms with Crippen LogP contribution in [0.25, 0.3) is 11.1 Å². The molecule has 13 heteroatoms. The van der Waals surface area contributed by atoms with Gasteiger partial charge in [-0.25, -0.2) is 8.42 Å². The van der Waals surface area contributed by atoms with Gasteiger partial charge in [0, 0.05) is 6.26 Å². The molecule has 2 N–H and O–H groups in total. The second-order valence-electron chi connectivity index (χ2n) is 9.47. The van der Waals surface area contributed by atoms with Gasteiger partial charge in [-0.3, -0.25) is 10.1 Å². The molecular weight excluding hydrogens is 536 g/mol. The lowest BCUT2D eigenvalue weighted by molar-refractivity contribution is -0.177. The first-order valence-electron chi connectivity index (χ1n) is 11.5. The highest BCUT2D eigenvalue weighted by molar-refractivity contribution is 7.90. The standard InChI is InChI=1S/C25H25F6N3O3S/c1-15(24(26,27)28)13-20(22(35)34-23(14-32)11-12-23)33-21(25(29,30)31)18-5-3-16(4-6-18)17-7-9-19(10-8-17)38(2,36)37/h3-10,15,20-21,33H,11-13H2,1-2H3,(H,34,35)/t15-,20-,21-/m0/s1. The van der Waals surface area contributed by atoms with Gasteiger partial charge in [-0.1, -0.05) is 43.3 Å². The van der Waals surface area contributed by atoms with Gasteiger partial charge in [0.1, 0.15) is 11.6 Å². The Morgan fingerprint density at radius 1 is 0.974 bits per heavy atom. The molecule has 1 saturated carbocycles. The van der Waals surface area contributed by atoms with Crippen LogP contribution in [0.4, 0.5) is 26.3 Å². The Balaban J connectivity index is 1.88.